The molecule has 7 heteroatoms. The van der Waals surface area contributed by atoms with Gasteiger partial charge in [-0.25, -0.2) is 4.98 Å². The van der Waals surface area contributed by atoms with Crippen LogP contribution in [0.2, 0.25) is 0 Å². The molecule has 0 aliphatic carbocycles. The number of anilines is 2. The maximum atomic E-state index is 10.8. The van der Waals surface area contributed by atoms with E-state index in [4.69, 9.17) is 0 Å². The van der Waals surface area contributed by atoms with Gasteiger partial charge in [0.25, 0.3) is 0 Å². The maximum absolute atomic E-state index is 10.8. The second-order valence-electron chi connectivity index (χ2n) is 10.1. The molecule has 0 atom stereocenters. The average molecular weight is 529 g/mol. The summed E-state index contributed by atoms with van der Waals surface area (Å²) >= 11 is 0. The Hall–Kier alpha value is -3.68. The lowest BCUT2D eigenvalue weighted by Crippen LogP contribution is -2.46. The fourth-order valence-electron chi connectivity index (χ4n) is 4.65. The van der Waals surface area contributed by atoms with E-state index in [0.29, 0.717) is 6.41 Å². The van der Waals surface area contributed by atoms with Gasteiger partial charge in [-0.05, 0) is 99.4 Å². The Balaban J connectivity index is 1.65. The van der Waals surface area contributed by atoms with Crippen molar-refractivity contribution in [2.45, 2.75) is 41.0 Å². The van der Waals surface area contributed by atoms with Gasteiger partial charge in [0.15, 0.2) is 0 Å². The van der Waals surface area contributed by atoms with Gasteiger partial charge in [0.2, 0.25) is 6.41 Å². The molecule has 1 aliphatic rings. The van der Waals surface area contributed by atoms with Crippen LogP contribution in [0.4, 0.5) is 11.5 Å². The van der Waals surface area contributed by atoms with Gasteiger partial charge in [0.05, 0.1) is 0 Å². The molecule has 0 unspecified atom stereocenters. The van der Waals surface area contributed by atoms with Crippen molar-refractivity contribution in [3.63, 3.8) is 0 Å². The number of hydrogen-bond acceptors (Lipinski definition) is 6. The SMILES string of the molecule is C=C(Nc1ccc(CCN2CCN(CC)CC2)cc1)/C(C)=C(/C=C\NC=O)\C=C(/C)Nc1cc(C)cc(C)n1. The first-order chi connectivity index (χ1) is 18.8. The second kappa shape index (κ2) is 15.0. The number of rotatable bonds is 13. The molecule has 2 aromatic rings. The van der Waals surface area contributed by atoms with E-state index in [9.17, 15) is 4.79 Å². The van der Waals surface area contributed by atoms with Crippen molar-refractivity contribution in [2.75, 3.05) is 49.9 Å². The predicted octanol–water partition coefficient (Wildman–Crippen LogP) is 5.40. The van der Waals surface area contributed by atoms with Gasteiger partial charge < -0.3 is 25.8 Å². The van der Waals surface area contributed by atoms with Gasteiger partial charge in [-0.1, -0.05) is 25.6 Å². The third-order valence-corrected chi connectivity index (χ3v) is 6.99. The second-order valence-corrected chi connectivity index (χ2v) is 10.1. The number of amides is 1. The molecule has 1 amide bonds. The molecule has 3 N–H and O–H groups in total. The Bertz CT molecular complexity index is 1180. The third-order valence-electron chi connectivity index (χ3n) is 6.99. The Labute approximate surface area is 234 Å². The highest BCUT2D eigenvalue weighted by Gasteiger charge is 2.15. The smallest absolute Gasteiger partial charge is 0.211 e. The van der Waals surface area contributed by atoms with E-state index >= 15 is 0 Å². The molecule has 208 valence electrons. The van der Waals surface area contributed by atoms with Crippen LogP contribution < -0.4 is 16.0 Å². The minimum absolute atomic E-state index is 0.650. The van der Waals surface area contributed by atoms with Crippen molar-refractivity contribution in [3.05, 3.63) is 101 Å². The lowest BCUT2D eigenvalue weighted by Gasteiger charge is -2.34. The molecule has 0 bridgehead atoms. The summed E-state index contributed by atoms with van der Waals surface area (Å²) in [5.41, 5.74) is 8.03. The summed E-state index contributed by atoms with van der Waals surface area (Å²) in [4.78, 5) is 20.4. The molecule has 0 spiro atoms. The van der Waals surface area contributed by atoms with Crippen LogP contribution in [0.5, 0.6) is 0 Å². The Morgan fingerprint density at radius 2 is 1.72 bits per heavy atom. The van der Waals surface area contributed by atoms with Crippen molar-refractivity contribution < 1.29 is 4.79 Å². The number of nitrogens with one attached hydrogen (secondary N) is 3. The Kier molecular flexibility index (Phi) is 11.5. The predicted molar refractivity (Wildman–Crippen MR) is 164 cm³/mol. The van der Waals surface area contributed by atoms with Crippen LogP contribution in [-0.2, 0) is 11.2 Å². The first-order valence-corrected chi connectivity index (χ1v) is 13.7. The highest BCUT2D eigenvalue weighted by atomic mass is 16.1. The van der Waals surface area contributed by atoms with Crippen LogP contribution in [0.25, 0.3) is 0 Å². The van der Waals surface area contributed by atoms with Crippen molar-refractivity contribution in [1.82, 2.24) is 20.1 Å². The number of benzene rings is 1. The van der Waals surface area contributed by atoms with Crippen molar-refractivity contribution >= 4 is 17.9 Å². The number of carbonyl (C=O) groups is 1. The van der Waals surface area contributed by atoms with E-state index in [1.807, 2.05) is 45.1 Å². The summed E-state index contributed by atoms with van der Waals surface area (Å²) in [5, 5.41) is 9.41. The molecule has 1 aromatic carbocycles. The topological polar surface area (TPSA) is 72.5 Å². The number of piperazine rings is 1. The molecule has 3 rings (SSSR count). The zero-order valence-corrected chi connectivity index (χ0v) is 24.2. The van der Waals surface area contributed by atoms with E-state index in [0.717, 1.165) is 77.9 Å². The van der Waals surface area contributed by atoms with Gasteiger partial charge in [0, 0.05) is 61.7 Å². The van der Waals surface area contributed by atoms with Gasteiger partial charge in [-0.15, -0.1) is 0 Å². The summed E-state index contributed by atoms with van der Waals surface area (Å²) in [6.07, 6.45) is 7.21. The molecule has 0 radical (unpaired) electrons. The summed E-state index contributed by atoms with van der Waals surface area (Å²) in [7, 11) is 0. The summed E-state index contributed by atoms with van der Waals surface area (Å²) in [5.74, 6) is 0.800. The molecule has 1 aliphatic heterocycles. The zero-order valence-electron chi connectivity index (χ0n) is 24.2. The number of carbonyl (C=O) groups excluding carboxylic acids is 1. The summed E-state index contributed by atoms with van der Waals surface area (Å²) in [6.45, 7) is 21.5. The molecule has 2 heterocycles. The molecule has 1 saturated heterocycles. The molecule has 1 fully saturated rings. The molecule has 39 heavy (non-hydrogen) atoms. The number of nitrogens with zero attached hydrogens (tertiary/aromatic N) is 3. The van der Waals surface area contributed by atoms with E-state index in [1.54, 1.807) is 6.20 Å². The monoisotopic (exact) mass is 528 g/mol. The molecule has 0 saturated carbocycles. The molecular weight excluding hydrogens is 484 g/mol. The number of aromatic nitrogens is 1. The first kappa shape index (κ1) is 29.9. The normalized spacial score (nSPS) is 15.7. The molecular formula is C32H44N6O. The number of aryl methyl sites for hydroxylation is 2. The van der Waals surface area contributed by atoms with Crippen LogP contribution >= 0.6 is 0 Å². The van der Waals surface area contributed by atoms with Gasteiger partial charge in [0.1, 0.15) is 5.82 Å². The number of hydrogen-bond donors (Lipinski definition) is 3. The molecule has 1 aromatic heterocycles. The quantitative estimate of drug-likeness (QED) is 0.239. The largest absolute Gasteiger partial charge is 0.356 e. The maximum Gasteiger partial charge on any atom is 0.211 e. The lowest BCUT2D eigenvalue weighted by molar-refractivity contribution is -0.108. The van der Waals surface area contributed by atoms with E-state index < -0.39 is 0 Å². The number of pyridine rings is 1. The van der Waals surface area contributed by atoms with Crippen LogP contribution in [0, 0.1) is 13.8 Å². The Morgan fingerprint density at radius 3 is 2.36 bits per heavy atom. The fourth-order valence-corrected chi connectivity index (χ4v) is 4.65. The van der Waals surface area contributed by atoms with Crippen molar-refractivity contribution in [3.8, 4) is 0 Å². The minimum Gasteiger partial charge on any atom is -0.356 e. The van der Waals surface area contributed by atoms with Crippen LogP contribution in [0.3, 0.4) is 0 Å². The summed E-state index contributed by atoms with van der Waals surface area (Å²) in [6, 6.07) is 12.7. The standard InChI is InChI=1S/C32H44N6O/c1-7-37-16-18-38(19-17-37)15-13-29-8-10-31(11-9-29)36-28(6)27(5)30(12-14-33-23-39)22-26(4)35-32-21-24(2)20-25(3)34-32/h8-12,14,20-23,36H,6-7,13,15-19H2,1-5H3,(H,33,39)(H,34,35)/b14-12-,26-22+,30-27-. The average Bonchev–Trinajstić information content (AvgIpc) is 2.91. The highest BCUT2D eigenvalue weighted by Crippen LogP contribution is 2.21. The number of likely N-dealkylation sites (N-methyl/N-ethyl adjacent to an activating group) is 1. The third kappa shape index (κ3) is 9.85. The van der Waals surface area contributed by atoms with Gasteiger partial charge in [-0.3, -0.25) is 4.79 Å². The lowest BCUT2D eigenvalue weighted by atomic mass is 10.0. The number of allylic oxidation sites excluding steroid dienone is 5. The van der Waals surface area contributed by atoms with Crippen LogP contribution in [-0.4, -0.2) is 60.5 Å². The highest BCUT2D eigenvalue weighted by molar-refractivity contribution is 5.57. The van der Waals surface area contributed by atoms with Crippen molar-refractivity contribution in [2.24, 2.45) is 0 Å². The van der Waals surface area contributed by atoms with Gasteiger partial charge >= 0.3 is 0 Å². The molecule has 7 nitrogen and oxygen atoms in total. The van der Waals surface area contributed by atoms with E-state index in [-0.39, 0.29) is 0 Å². The van der Waals surface area contributed by atoms with Gasteiger partial charge in [-0.2, -0.15) is 0 Å². The first-order valence-electron chi connectivity index (χ1n) is 13.7. The Morgan fingerprint density at radius 1 is 1.03 bits per heavy atom. The van der Waals surface area contributed by atoms with E-state index in [2.05, 4.69) is 75.4 Å². The minimum atomic E-state index is 0.650. The van der Waals surface area contributed by atoms with Crippen LogP contribution in [0.1, 0.15) is 37.6 Å². The van der Waals surface area contributed by atoms with Crippen molar-refractivity contribution in [1.29, 1.82) is 0 Å². The summed E-state index contributed by atoms with van der Waals surface area (Å²) < 4.78 is 0. The van der Waals surface area contributed by atoms with Crippen LogP contribution in [0.15, 0.2) is 83.9 Å². The van der Waals surface area contributed by atoms with E-state index in [1.165, 1.54) is 18.7 Å². The zero-order chi connectivity index (χ0) is 28.2. The fraction of sp³-hybridized carbons (Fsp3) is 0.375.